The number of aryl methyl sites for hydroxylation is 4. The van der Waals surface area contributed by atoms with Crippen LogP contribution < -0.4 is 0 Å². The first-order valence-corrected chi connectivity index (χ1v) is 19.9. The van der Waals surface area contributed by atoms with Crippen molar-refractivity contribution in [1.29, 1.82) is 0 Å². The van der Waals surface area contributed by atoms with Crippen LogP contribution in [0.5, 0.6) is 0 Å². The molecule has 4 aliphatic rings. The molecular weight excluding hydrogens is 623 g/mol. The van der Waals surface area contributed by atoms with Gasteiger partial charge in [-0.05, 0) is 107 Å². The Labute approximate surface area is 308 Å². The molecule has 2 aromatic carbocycles. The molecule has 3 aliphatic carbocycles. The molecule has 1 saturated heterocycles. The zero-order valence-corrected chi connectivity index (χ0v) is 34.3. The third kappa shape index (κ3) is 22.7. The van der Waals surface area contributed by atoms with Gasteiger partial charge in [0, 0.05) is 12.3 Å². The van der Waals surface area contributed by atoms with E-state index in [0.717, 1.165) is 54.4 Å². The zero-order valence-electron chi connectivity index (χ0n) is 34.3. The van der Waals surface area contributed by atoms with E-state index in [4.69, 9.17) is 9.47 Å². The predicted molar refractivity (Wildman–Crippen MR) is 213 cm³/mol. The normalized spacial score (nSPS) is 27.5. The van der Waals surface area contributed by atoms with E-state index < -0.39 is 0 Å². The maximum absolute atomic E-state index is 12.7. The summed E-state index contributed by atoms with van der Waals surface area (Å²) in [5.74, 6) is 5.23. The van der Waals surface area contributed by atoms with Gasteiger partial charge in [0.15, 0.2) is 6.29 Å². The fourth-order valence-electron chi connectivity index (χ4n) is 6.06. The van der Waals surface area contributed by atoms with E-state index in [0.29, 0.717) is 23.8 Å². The fraction of sp³-hybridized carbons (Fsp3) is 0.696. The lowest BCUT2D eigenvalue weighted by atomic mass is 9.84. The lowest BCUT2D eigenvalue weighted by Crippen LogP contribution is -2.27. The minimum Gasteiger partial charge on any atom is -0.353 e. The van der Waals surface area contributed by atoms with E-state index >= 15 is 0 Å². The average molecular weight is 699 g/mol. The molecule has 6 rings (SSSR count). The van der Waals surface area contributed by atoms with Gasteiger partial charge in [0.05, 0.1) is 19.0 Å². The topological polar surface area (TPSA) is 18.5 Å². The summed E-state index contributed by atoms with van der Waals surface area (Å²) in [4.78, 5) is 0. The van der Waals surface area contributed by atoms with Crippen LogP contribution in [0.15, 0.2) is 53.9 Å². The third-order valence-electron chi connectivity index (χ3n) is 10.4. The highest BCUT2D eigenvalue weighted by Gasteiger charge is 2.15. The minimum absolute atomic E-state index is 0.0196. The van der Waals surface area contributed by atoms with Gasteiger partial charge in [-0.3, -0.25) is 0 Å². The lowest BCUT2D eigenvalue weighted by Gasteiger charge is -2.24. The molecule has 0 N–H and O–H groups in total. The van der Waals surface area contributed by atoms with Crippen LogP contribution in [0.3, 0.4) is 0 Å². The van der Waals surface area contributed by atoms with Crippen molar-refractivity contribution in [3.05, 3.63) is 81.9 Å². The molecule has 1 aliphatic heterocycles. The summed E-state index contributed by atoms with van der Waals surface area (Å²) in [5, 5.41) is 0. The Morgan fingerprint density at radius 2 is 0.860 bits per heavy atom. The minimum atomic E-state index is -0.116. The third-order valence-corrected chi connectivity index (χ3v) is 10.4. The molecule has 2 aromatic rings. The average Bonchev–Trinajstić information content (AvgIpc) is 3.08. The summed E-state index contributed by atoms with van der Waals surface area (Å²) >= 11 is 0. The molecule has 0 aromatic heterocycles. The molecule has 0 amide bonds. The maximum atomic E-state index is 12.7. The summed E-state index contributed by atoms with van der Waals surface area (Å²) in [5.41, 5.74) is 5.30. The number of hydrogen-bond acceptors (Lipinski definition) is 2. The largest absolute Gasteiger partial charge is 0.353 e. The van der Waals surface area contributed by atoms with Gasteiger partial charge in [-0.15, -0.1) is 0 Å². The first kappa shape index (κ1) is 46.0. The van der Waals surface area contributed by atoms with Crippen molar-refractivity contribution in [1.82, 2.24) is 0 Å². The second-order valence-electron chi connectivity index (χ2n) is 16.5. The highest BCUT2D eigenvalue weighted by Crippen LogP contribution is 2.29. The van der Waals surface area contributed by atoms with Gasteiger partial charge in [0.1, 0.15) is 5.82 Å². The molecule has 0 spiro atoms. The Kier molecular flexibility index (Phi) is 23.8. The van der Waals surface area contributed by atoms with Crippen molar-refractivity contribution in [2.45, 2.75) is 160 Å². The summed E-state index contributed by atoms with van der Waals surface area (Å²) in [7, 11) is 0. The molecular formula is C46H76F2O2. The van der Waals surface area contributed by atoms with E-state index in [9.17, 15) is 8.78 Å². The summed E-state index contributed by atoms with van der Waals surface area (Å²) in [6, 6.07) is 13.7. The van der Waals surface area contributed by atoms with Crippen LogP contribution in [-0.4, -0.2) is 19.5 Å². The van der Waals surface area contributed by atoms with Gasteiger partial charge in [-0.2, -0.15) is 0 Å². The van der Waals surface area contributed by atoms with Crippen LogP contribution in [0, 0.1) is 69.0 Å². The second kappa shape index (κ2) is 25.8. The lowest BCUT2D eigenvalue weighted by molar-refractivity contribution is -0.187. The van der Waals surface area contributed by atoms with Crippen LogP contribution in [0.1, 0.15) is 148 Å². The first-order valence-electron chi connectivity index (χ1n) is 19.9. The predicted octanol–water partition coefficient (Wildman–Crippen LogP) is 14.5. The van der Waals surface area contributed by atoms with Gasteiger partial charge in [-0.25, -0.2) is 8.78 Å². The van der Waals surface area contributed by atoms with Crippen molar-refractivity contribution >= 4 is 0 Å². The smallest absolute Gasteiger partial charge is 0.154 e. The van der Waals surface area contributed by atoms with Crippen molar-refractivity contribution < 1.29 is 18.3 Å². The molecule has 3 fully saturated rings. The SMILES string of the molecule is CC1=C(F)CC(C)CC1.CC1CCC(C)CC1.CC1CCC(C)CC1.CC1COC(C)OC1.Cc1ccc(C)c(F)c1.Cc1ccc(C)cc1. The highest BCUT2D eigenvalue weighted by molar-refractivity contribution is 5.22. The summed E-state index contributed by atoms with van der Waals surface area (Å²) < 4.78 is 35.6. The quantitative estimate of drug-likeness (QED) is 0.273. The van der Waals surface area contributed by atoms with Gasteiger partial charge < -0.3 is 9.47 Å². The van der Waals surface area contributed by atoms with Crippen LogP contribution >= 0.6 is 0 Å². The Hall–Kier alpha value is -2.04. The molecule has 286 valence electrons. The number of halogens is 2. The molecule has 50 heavy (non-hydrogen) atoms. The van der Waals surface area contributed by atoms with Crippen molar-refractivity contribution in [2.24, 2.45) is 35.5 Å². The molecule has 2 saturated carbocycles. The monoisotopic (exact) mass is 699 g/mol. The van der Waals surface area contributed by atoms with E-state index in [1.807, 2.05) is 26.8 Å². The van der Waals surface area contributed by atoms with Crippen LogP contribution in [0.25, 0.3) is 0 Å². The Bertz CT molecular complexity index is 1070. The number of benzene rings is 2. The van der Waals surface area contributed by atoms with Crippen LogP contribution in [-0.2, 0) is 9.47 Å². The van der Waals surface area contributed by atoms with Gasteiger partial charge in [-0.1, -0.05) is 140 Å². The molecule has 4 heteroatoms. The molecule has 0 radical (unpaired) electrons. The molecule has 1 atom stereocenters. The number of allylic oxidation sites excluding steroid dienone is 2. The number of rotatable bonds is 0. The van der Waals surface area contributed by atoms with E-state index in [2.05, 4.69) is 79.7 Å². The van der Waals surface area contributed by atoms with Crippen molar-refractivity contribution in [3.63, 3.8) is 0 Å². The van der Waals surface area contributed by atoms with Gasteiger partial charge >= 0.3 is 0 Å². The van der Waals surface area contributed by atoms with Crippen LogP contribution in [0.2, 0.25) is 0 Å². The Balaban J connectivity index is 0.000000300. The van der Waals surface area contributed by atoms with Gasteiger partial charge in [0.2, 0.25) is 0 Å². The second-order valence-corrected chi connectivity index (χ2v) is 16.5. The van der Waals surface area contributed by atoms with E-state index in [1.54, 1.807) is 13.0 Å². The summed E-state index contributed by atoms with van der Waals surface area (Å²) in [6.45, 7) is 27.0. The van der Waals surface area contributed by atoms with Crippen LogP contribution in [0.4, 0.5) is 8.78 Å². The summed E-state index contributed by atoms with van der Waals surface area (Å²) in [6.07, 6.45) is 14.6. The standard InChI is InChI=1S/C8H13F.C8H9F.2C8H16.C8H10.C6H12O2/c2*1-6-3-4-7(2)8(9)5-6;3*1-7-3-5-8(2)6-4-7;1-5-3-7-6(2)8-4-5/h6H,3-5H2,1-2H3;3-5H,1-2H3;2*7-8H,3-6H2,1-2H3;3-6H,1-2H3;5-6H,3-4H2,1-2H3. The fourth-order valence-corrected chi connectivity index (χ4v) is 6.06. The molecule has 0 bridgehead atoms. The van der Waals surface area contributed by atoms with E-state index in [-0.39, 0.29) is 17.9 Å². The number of ether oxygens (including phenoxy) is 2. The Morgan fingerprint density at radius 3 is 1.16 bits per heavy atom. The first-order chi connectivity index (χ1) is 23.5. The van der Waals surface area contributed by atoms with Crippen molar-refractivity contribution in [2.75, 3.05) is 13.2 Å². The zero-order chi connectivity index (χ0) is 37.6. The molecule has 1 unspecified atom stereocenters. The molecule has 2 nitrogen and oxygen atoms in total. The number of hydrogen-bond donors (Lipinski definition) is 0. The Morgan fingerprint density at radius 1 is 0.480 bits per heavy atom. The van der Waals surface area contributed by atoms with Crippen molar-refractivity contribution in [3.8, 4) is 0 Å². The highest BCUT2D eigenvalue weighted by atomic mass is 19.1. The van der Waals surface area contributed by atoms with Gasteiger partial charge in [0.25, 0.3) is 0 Å². The van der Waals surface area contributed by atoms with E-state index in [1.165, 1.54) is 75.0 Å². The maximum Gasteiger partial charge on any atom is 0.154 e. The molecule has 1 heterocycles.